The van der Waals surface area contributed by atoms with Gasteiger partial charge in [-0.2, -0.15) is 18.3 Å². The minimum absolute atomic E-state index is 0.00671. The van der Waals surface area contributed by atoms with Crippen LogP contribution in [-0.2, 0) is 34.9 Å². The Morgan fingerprint density at radius 1 is 1.04 bits per heavy atom. The van der Waals surface area contributed by atoms with Crippen molar-refractivity contribution in [3.05, 3.63) is 110 Å². The summed E-state index contributed by atoms with van der Waals surface area (Å²) in [6, 6.07) is 11.4. The van der Waals surface area contributed by atoms with Crippen molar-refractivity contribution in [3.8, 4) is 5.82 Å². The Morgan fingerprint density at radius 3 is 2.44 bits per heavy atom. The number of carbonyl (C=O) groups excluding carboxylic acids is 2. The van der Waals surface area contributed by atoms with Crippen molar-refractivity contribution >= 4 is 44.9 Å². The van der Waals surface area contributed by atoms with E-state index in [4.69, 9.17) is 23.2 Å². The zero-order chi connectivity index (χ0) is 33.1. The minimum atomic E-state index is -4.63. The van der Waals surface area contributed by atoms with Gasteiger partial charge in [-0.3, -0.25) is 9.59 Å². The van der Waals surface area contributed by atoms with Gasteiger partial charge in [0.05, 0.1) is 28.6 Å². The molecule has 0 spiro atoms. The summed E-state index contributed by atoms with van der Waals surface area (Å²) in [6.07, 6.45) is -3.42. The van der Waals surface area contributed by atoms with E-state index in [1.54, 1.807) is 32.9 Å². The predicted molar refractivity (Wildman–Crippen MR) is 164 cm³/mol. The number of alkyl halides is 3. The second kappa shape index (κ2) is 13.7. The lowest BCUT2D eigenvalue weighted by Crippen LogP contribution is -2.31. The fourth-order valence-corrected chi connectivity index (χ4v) is 6.07. The van der Waals surface area contributed by atoms with Crippen molar-refractivity contribution in [1.82, 2.24) is 24.8 Å². The first-order chi connectivity index (χ1) is 21.0. The van der Waals surface area contributed by atoms with Gasteiger partial charge >= 0.3 is 6.18 Å². The molecule has 0 atom stereocenters. The lowest BCUT2D eigenvalue weighted by molar-refractivity contribution is -0.137. The second-order valence-electron chi connectivity index (χ2n) is 10.5. The lowest BCUT2D eigenvalue weighted by atomic mass is 9.95. The molecule has 2 heterocycles. The van der Waals surface area contributed by atoms with Crippen molar-refractivity contribution in [2.75, 3.05) is 0 Å². The molecule has 2 aromatic carbocycles. The fraction of sp³-hybridized carbons (Fsp3) is 0.267. The van der Waals surface area contributed by atoms with Crippen LogP contribution in [0.15, 0.2) is 60.8 Å². The molecule has 2 aromatic heterocycles. The van der Waals surface area contributed by atoms with Crippen molar-refractivity contribution in [2.24, 2.45) is 0 Å². The van der Waals surface area contributed by atoms with Crippen molar-refractivity contribution in [3.63, 3.8) is 0 Å². The lowest BCUT2D eigenvalue weighted by Gasteiger charge is -2.15. The van der Waals surface area contributed by atoms with E-state index in [0.29, 0.717) is 16.1 Å². The smallest absolute Gasteiger partial charge is 0.350 e. The average Bonchev–Trinajstić information content (AvgIpc) is 3.37. The number of sulfonamides is 1. The summed E-state index contributed by atoms with van der Waals surface area (Å²) in [5.41, 5.74) is 0.358. The number of ketones is 1. The third-order valence-electron chi connectivity index (χ3n) is 6.51. The number of halogens is 5. The summed E-state index contributed by atoms with van der Waals surface area (Å²) in [4.78, 5) is 31.0. The van der Waals surface area contributed by atoms with Gasteiger partial charge in [0.1, 0.15) is 5.69 Å². The molecule has 0 fully saturated rings. The van der Waals surface area contributed by atoms with Crippen LogP contribution in [0.5, 0.6) is 0 Å². The second-order valence-corrected chi connectivity index (χ2v) is 13.1. The number of aromatic nitrogens is 3. The Labute approximate surface area is 267 Å². The van der Waals surface area contributed by atoms with Crippen molar-refractivity contribution < 1.29 is 31.2 Å². The highest BCUT2D eigenvalue weighted by Gasteiger charge is 2.31. The number of amides is 1. The first-order valence-electron chi connectivity index (χ1n) is 13.5. The third kappa shape index (κ3) is 8.69. The molecule has 0 unspecified atom stereocenters. The van der Waals surface area contributed by atoms with Crippen LogP contribution in [0.3, 0.4) is 0 Å². The molecule has 238 valence electrons. The van der Waals surface area contributed by atoms with Crippen LogP contribution < -0.4 is 10.0 Å². The summed E-state index contributed by atoms with van der Waals surface area (Å²) in [5, 5.41) is 7.65. The Bertz CT molecular complexity index is 1860. The maximum Gasteiger partial charge on any atom is 0.416 e. The molecule has 0 aliphatic carbocycles. The molecule has 45 heavy (non-hydrogen) atoms. The molecule has 0 saturated carbocycles. The Hall–Kier alpha value is -3.78. The number of aryl methyl sites for hydroxylation is 1. The average molecular weight is 683 g/mol. The molecular formula is C30H28Cl2F3N5O4S. The zero-order valence-electron chi connectivity index (χ0n) is 24.2. The monoisotopic (exact) mass is 681 g/mol. The van der Waals surface area contributed by atoms with Crippen LogP contribution in [0.2, 0.25) is 10.0 Å². The van der Waals surface area contributed by atoms with E-state index in [1.165, 1.54) is 35.1 Å². The Kier molecular flexibility index (Phi) is 10.4. The molecule has 9 nitrogen and oxygen atoms in total. The fourth-order valence-electron chi connectivity index (χ4n) is 4.50. The van der Waals surface area contributed by atoms with Crippen LogP contribution in [-0.4, -0.2) is 40.9 Å². The van der Waals surface area contributed by atoms with Gasteiger partial charge in [0.2, 0.25) is 10.0 Å². The van der Waals surface area contributed by atoms with Gasteiger partial charge < -0.3 is 5.32 Å². The third-order valence-corrected chi connectivity index (χ3v) is 8.32. The summed E-state index contributed by atoms with van der Waals surface area (Å²) in [6.45, 7) is 4.93. The molecule has 0 aliphatic rings. The summed E-state index contributed by atoms with van der Waals surface area (Å²) < 4.78 is 68.4. The van der Waals surface area contributed by atoms with E-state index in [-0.39, 0.29) is 52.4 Å². The number of hydrogen-bond acceptors (Lipinski definition) is 6. The Morgan fingerprint density at radius 2 is 1.78 bits per heavy atom. The number of hydrogen-bond donors (Lipinski definition) is 2. The molecule has 4 aromatic rings. The Balaban J connectivity index is 1.64. The molecule has 1 amide bonds. The van der Waals surface area contributed by atoms with Gasteiger partial charge in [-0.1, -0.05) is 41.4 Å². The van der Waals surface area contributed by atoms with Crippen molar-refractivity contribution in [2.45, 2.75) is 51.7 Å². The largest absolute Gasteiger partial charge is 0.416 e. The summed E-state index contributed by atoms with van der Waals surface area (Å²) in [5.74, 6) is -1.50. The predicted octanol–water partition coefficient (Wildman–Crippen LogP) is 6.08. The van der Waals surface area contributed by atoms with E-state index in [1.807, 2.05) is 0 Å². The van der Waals surface area contributed by atoms with E-state index in [2.05, 4.69) is 20.1 Å². The minimum Gasteiger partial charge on any atom is -0.350 e. The van der Waals surface area contributed by atoms with Gasteiger partial charge in [0, 0.05) is 29.2 Å². The SMILES string of the molecule is Cc1cc(Cl)cc(C(=O)NC(C)C)c1CC(=O)c1cc(CNS(=O)(=O)Cc2cccc(C(F)(F)F)c2)nn1-c1ncccc1Cl. The number of rotatable bonds is 11. The maximum atomic E-state index is 13.8. The normalized spacial score (nSPS) is 12.0. The first-order valence-corrected chi connectivity index (χ1v) is 15.9. The summed E-state index contributed by atoms with van der Waals surface area (Å²) in [7, 11) is -4.13. The van der Waals surface area contributed by atoms with Crippen LogP contribution in [0.25, 0.3) is 5.82 Å². The number of benzene rings is 2. The number of nitrogens with zero attached hydrogens (tertiary/aromatic N) is 3. The van der Waals surface area contributed by atoms with Gasteiger partial charge in [-0.05, 0) is 73.9 Å². The molecule has 4 rings (SSSR count). The highest BCUT2D eigenvalue weighted by molar-refractivity contribution is 7.88. The van der Waals surface area contributed by atoms with Crippen LogP contribution in [0.4, 0.5) is 13.2 Å². The molecular weight excluding hydrogens is 654 g/mol. The van der Waals surface area contributed by atoms with Crippen LogP contribution in [0.1, 0.15) is 62.6 Å². The number of nitrogens with one attached hydrogen (secondary N) is 2. The van der Waals surface area contributed by atoms with Crippen LogP contribution >= 0.6 is 23.2 Å². The van der Waals surface area contributed by atoms with Gasteiger partial charge in [0.15, 0.2) is 11.6 Å². The summed E-state index contributed by atoms with van der Waals surface area (Å²) >= 11 is 12.6. The number of carbonyl (C=O) groups is 2. The van der Waals surface area contributed by atoms with E-state index in [9.17, 15) is 31.2 Å². The maximum absolute atomic E-state index is 13.8. The highest BCUT2D eigenvalue weighted by Crippen LogP contribution is 2.30. The number of Topliss-reactive ketones (excluding diaryl/α,β-unsaturated/α-hetero) is 1. The van der Waals surface area contributed by atoms with Crippen LogP contribution in [0, 0.1) is 6.92 Å². The van der Waals surface area contributed by atoms with E-state index in [0.717, 1.165) is 18.2 Å². The molecule has 0 saturated heterocycles. The highest BCUT2D eigenvalue weighted by atomic mass is 35.5. The number of pyridine rings is 1. The van der Waals surface area contributed by atoms with Gasteiger partial charge in [-0.15, -0.1) is 0 Å². The molecule has 2 N–H and O–H groups in total. The molecule has 0 radical (unpaired) electrons. The molecule has 0 aliphatic heterocycles. The standard InChI is InChI=1S/C30H28Cl2F3N5O4S/c1-17(2)38-29(42)24-12-21(31)10-18(3)23(24)14-27(41)26-13-22(39-40(26)28-25(32)8-5-9-36-28)15-37-45(43,44)16-19-6-4-7-20(11-19)30(33,34)35/h4-13,17,37H,14-16H2,1-3H3,(H,38,42). The molecule has 15 heteroatoms. The van der Waals surface area contributed by atoms with E-state index >= 15 is 0 Å². The molecule has 0 bridgehead atoms. The van der Waals surface area contributed by atoms with Gasteiger partial charge in [0.25, 0.3) is 5.91 Å². The quantitative estimate of drug-likeness (QED) is 0.185. The van der Waals surface area contributed by atoms with Gasteiger partial charge in [-0.25, -0.2) is 22.8 Å². The zero-order valence-corrected chi connectivity index (χ0v) is 26.6. The van der Waals surface area contributed by atoms with Crippen molar-refractivity contribution in [1.29, 1.82) is 0 Å². The van der Waals surface area contributed by atoms with E-state index < -0.39 is 39.2 Å². The topological polar surface area (TPSA) is 123 Å². The first kappa shape index (κ1) is 34.1.